The molecule has 0 N–H and O–H groups in total. The normalized spacial score (nSPS) is 11.6. The van der Waals surface area contributed by atoms with Gasteiger partial charge < -0.3 is 4.74 Å². The summed E-state index contributed by atoms with van der Waals surface area (Å²) in [6.07, 6.45) is 0. The van der Waals surface area contributed by atoms with Crippen LogP contribution in [0.4, 0.5) is 0 Å². The minimum absolute atomic E-state index is 0.530. The highest BCUT2D eigenvalue weighted by Crippen LogP contribution is 2.22. The molecule has 3 heteroatoms. The first-order valence-electron chi connectivity index (χ1n) is 5.60. The van der Waals surface area contributed by atoms with Crippen LogP contribution in [0.25, 0.3) is 0 Å². The fraction of sp³-hybridized carbons (Fsp3) is 0.133. The second-order valence-electron chi connectivity index (χ2n) is 3.83. The van der Waals surface area contributed by atoms with Crippen molar-refractivity contribution in [1.82, 2.24) is 0 Å². The van der Waals surface area contributed by atoms with Gasteiger partial charge in [-0.05, 0) is 23.3 Å². The molecule has 1 atom stereocenters. The van der Waals surface area contributed by atoms with Gasteiger partial charge in [-0.25, -0.2) is 0 Å². The SMILES string of the molecule is N#CC(Cl)c1ccc(OCc2ccccc2)cc1. The van der Waals surface area contributed by atoms with Gasteiger partial charge in [0, 0.05) is 0 Å². The van der Waals surface area contributed by atoms with Crippen molar-refractivity contribution in [2.45, 2.75) is 12.0 Å². The van der Waals surface area contributed by atoms with Gasteiger partial charge in [0.15, 0.2) is 0 Å². The Balaban J connectivity index is 1.97. The van der Waals surface area contributed by atoms with Crippen LogP contribution in [0.3, 0.4) is 0 Å². The molecule has 0 radical (unpaired) electrons. The molecular weight excluding hydrogens is 246 g/mol. The maximum absolute atomic E-state index is 8.70. The van der Waals surface area contributed by atoms with E-state index in [2.05, 4.69) is 0 Å². The smallest absolute Gasteiger partial charge is 0.145 e. The first-order valence-corrected chi connectivity index (χ1v) is 6.03. The highest BCUT2D eigenvalue weighted by atomic mass is 35.5. The van der Waals surface area contributed by atoms with Crippen molar-refractivity contribution < 1.29 is 4.74 Å². The van der Waals surface area contributed by atoms with Gasteiger partial charge >= 0.3 is 0 Å². The third-order valence-corrected chi connectivity index (χ3v) is 2.88. The minimum Gasteiger partial charge on any atom is -0.489 e. The summed E-state index contributed by atoms with van der Waals surface area (Å²) < 4.78 is 5.63. The van der Waals surface area contributed by atoms with Crippen LogP contribution in [-0.4, -0.2) is 0 Å². The van der Waals surface area contributed by atoms with Gasteiger partial charge in [0.1, 0.15) is 17.7 Å². The molecule has 0 bridgehead atoms. The number of benzene rings is 2. The first-order chi connectivity index (χ1) is 8.79. The van der Waals surface area contributed by atoms with Crippen LogP contribution in [0.5, 0.6) is 5.75 Å². The maximum Gasteiger partial charge on any atom is 0.145 e. The summed E-state index contributed by atoms with van der Waals surface area (Å²) in [5.74, 6) is 0.768. The molecule has 0 aliphatic rings. The molecule has 0 aromatic heterocycles. The molecule has 18 heavy (non-hydrogen) atoms. The molecule has 2 aromatic rings. The summed E-state index contributed by atoms with van der Waals surface area (Å²) >= 11 is 5.81. The van der Waals surface area contributed by atoms with Crippen LogP contribution >= 0.6 is 11.6 Å². The fourth-order valence-electron chi connectivity index (χ4n) is 1.55. The molecule has 2 rings (SSSR count). The lowest BCUT2D eigenvalue weighted by Crippen LogP contribution is -1.95. The highest BCUT2D eigenvalue weighted by Gasteiger charge is 2.05. The standard InChI is InChI=1S/C15H12ClNO/c16-15(10-17)13-6-8-14(9-7-13)18-11-12-4-2-1-3-5-12/h1-9,15H,11H2. The van der Waals surface area contributed by atoms with Gasteiger partial charge in [0.05, 0.1) is 6.07 Å². The van der Waals surface area contributed by atoms with E-state index in [0.29, 0.717) is 6.61 Å². The lowest BCUT2D eigenvalue weighted by Gasteiger charge is -2.07. The van der Waals surface area contributed by atoms with Crippen LogP contribution in [0.2, 0.25) is 0 Å². The molecular formula is C15H12ClNO. The summed E-state index contributed by atoms with van der Waals surface area (Å²) in [4.78, 5) is 0. The maximum atomic E-state index is 8.70. The summed E-state index contributed by atoms with van der Waals surface area (Å²) in [7, 11) is 0. The number of nitriles is 1. The van der Waals surface area contributed by atoms with E-state index >= 15 is 0 Å². The lowest BCUT2D eigenvalue weighted by molar-refractivity contribution is 0.306. The lowest BCUT2D eigenvalue weighted by atomic mass is 10.1. The molecule has 2 nitrogen and oxygen atoms in total. The zero-order valence-corrected chi connectivity index (χ0v) is 10.5. The van der Waals surface area contributed by atoms with Crippen molar-refractivity contribution in [3.05, 3.63) is 65.7 Å². The molecule has 0 aliphatic carbocycles. The quantitative estimate of drug-likeness (QED) is 0.774. The Hall–Kier alpha value is -1.98. The van der Waals surface area contributed by atoms with Crippen molar-refractivity contribution in [2.75, 3.05) is 0 Å². The van der Waals surface area contributed by atoms with Gasteiger partial charge in [-0.1, -0.05) is 42.5 Å². The third-order valence-electron chi connectivity index (χ3n) is 2.53. The molecule has 0 amide bonds. The van der Waals surface area contributed by atoms with E-state index in [1.165, 1.54) is 0 Å². The van der Waals surface area contributed by atoms with E-state index in [9.17, 15) is 0 Å². The fourth-order valence-corrected chi connectivity index (χ4v) is 1.69. The van der Waals surface area contributed by atoms with Crippen LogP contribution in [-0.2, 0) is 6.61 Å². The average molecular weight is 258 g/mol. The van der Waals surface area contributed by atoms with Crippen LogP contribution in [0.15, 0.2) is 54.6 Å². The van der Waals surface area contributed by atoms with Crippen molar-refractivity contribution in [3.63, 3.8) is 0 Å². The zero-order valence-electron chi connectivity index (χ0n) is 9.71. The summed E-state index contributed by atoms with van der Waals surface area (Å²) in [5, 5.41) is 8.09. The molecule has 0 saturated carbocycles. The van der Waals surface area contributed by atoms with E-state index in [1.807, 2.05) is 48.5 Å². The molecule has 2 aromatic carbocycles. The van der Waals surface area contributed by atoms with Crippen LogP contribution in [0, 0.1) is 11.3 Å². The topological polar surface area (TPSA) is 33.0 Å². The van der Waals surface area contributed by atoms with Gasteiger partial charge in [0.25, 0.3) is 0 Å². The molecule has 0 spiro atoms. The van der Waals surface area contributed by atoms with Crippen LogP contribution < -0.4 is 4.74 Å². The Labute approximate surface area is 111 Å². The Morgan fingerprint density at radius 3 is 2.33 bits per heavy atom. The van der Waals surface area contributed by atoms with Gasteiger partial charge in [-0.2, -0.15) is 5.26 Å². The Kier molecular flexibility index (Phi) is 4.22. The molecule has 0 aliphatic heterocycles. The highest BCUT2D eigenvalue weighted by molar-refractivity contribution is 6.22. The Bertz CT molecular complexity index is 531. The molecule has 0 heterocycles. The van der Waals surface area contributed by atoms with E-state index < -0.39 is 5.38 Å². The van der Waals surface area contributed by atoms with E-state index in [0.717, 1.165) is 16.9 Å². The molecule has 1 unspecified atom stereocenters. The van der Waals surface area contributed by atoms with Gasteiger partial charge in [0.2, 0.25) is 0 Å². The molecule has 0 saturated heterocycles. The van der Waals surface area contributed by atoms with Crippen LogP contribution in [0.1, 0.15) is 16.5 Å². The third kappa shape index (κ3) is 3.26. The second kappa shape index (κ2) is 6.09. The molecule has 90 valence electrons. The van der Waals surface area contributed by atoms with Crippen molar-refractivity contribution in [3.8, 4) is 11.8 Å². The number of alkyl halides is 1. The zero-order chi connectivity index (χ0) is 12.8. The predicted octanol–water partition coefficient (Wildman–Crippen LogP) is 4.07. The summed E-state index contributed by atoms with van der Waals surface area (Å²) in [6, 6.07) is 19.2. The molecule has 0 fully saturated rings. The average Bonchev–Trinajstić information content (AvgIpc) is 2.46. The minimum atomic E-state index is -0.604. The number of halogens is 1. The van der Waals surface area contributed by atoms with Gasteiger partial charge in [-0.3, -0.25) is 0 Å². The monoisotopic (exact) mass is 257 g/mol. The Morgan fingerprint density at radius 1 is 1.06 bits per heavy atom. The number of ether oxygens (including phenoxy) is 1. The number of hydrogen-bond acceptors (Lipinski definition) is 2. The van der Waals surface area contributed by atoms with E-state index in [1.54, 1.807) is 12.1 Å². The summed E-state index contributed by atoms with van der Waals surface area (Å²) in [5.41, 5.74) is 1.90. The van der Waals surface area contributed by atoms with Crippen molar-refractivity contribution >= 4 is 11.6 Å². The predicted molar refractivity (Wildman–Crippen MR) is 71.4 cm³/mol. The summed E-state index contributed by atoms with van der Waals surface area (Å²) in [6.45, 7) is 0.530. The number of hydrogen-bond donors (Lipinski definition) is 0. The second-order valence-corrected chi connectivity index (χ2v) is 4.27. The first kappa shape index (κ1) is 12.5. The van der Waals surface area contributed by atoms with E-state index in [-0.39, 0.29) is 0 Å². The Morgan fingerprint density at radius 2 is 1.72 bits per heavy atom. The van der Waals surface area contributed by atoms with Crippen molar-refractivity contribution in [1.29, 1.82) is 5.26 Å². The van der Waals surface area contributed by atoms with Gasteiger partial charge in [-0.15, -0.1) is 11.6 Å². The van der Waals surface area contributed by atoms with E-state index in [4.69, 9.17) is 21.6 Å². The largest absolute Gasteiger partial charge is 0.489 e. The number of nitrogens with zero attached hydrogens (tertiary/aromatic N) is 1. The van der Waals surface area contributed by atoms with Crippen molar-refractivity contribution in [2.24, 2.45) is 0 Å². The number of rotatable bonds is 4.